The van der Waals surface area contributed by atoms with Gasteiger partial charge in [-0.3, -0.25) is 10.1 Å². The van der Waals surface area contributed by atoms with Crippen molar-refractivity contribution < 1.29 is 19.1 Å². The summed E-state index contributed by atoms with van der Waals surface area (Å²) in [5.74, 6) is -0.164. The maximum Gasteiger partial charge on any atom is 0.412 e. The molecule has 37 heavy (non-hydrogen) atoms. The van der Waals surface area contributed by atoms with Gasteiger partial charge in [-0.1, -0.05) is 72.3 Å². The fourth-order valence-electron chi connectivity index (χ4n) is 4.31. The van der Waals surface area contributed by atoms with Gasteiger partial charge in [0.05, 0.1) is 28.8 Å². The molecule has 1 N–H and O–H groups in total. The maximum absolute atomic E-state index is 12.5. The summed E-state index contributed by atoms with van der Waals surface area (Å²) in [5.41, 5.74) is 5.79. The number of nitrogens with zero attached hydrogens (tertiary/aromatic N) is 1. The van der Waals surface area contributed by atoms with Crippen LogP contribution in [0.15, 0.2) is 72.8 Å². The van der Waals surface area contributed by atoms with E-state index in [4.69, 9.17) is 21.1 Å². The maximum atomic E-state index is 12.5. The third-order valence-electron chi connectivity index (χ3n) is 6.62. The predicted molar refractivity (Wildman–Crippen MR) is 146 cm³/mol. The Balaban J connectivity index is 1.27. The highest BCUT2D eigenvalue weighted by Crippen LogP contribution is 2.49. The lowest BCUT2D eigenvalue weighted by molar-refractivity contribution is -0.143. The number of carbonyl (C=O) groups is 2. The van der Waals surface area contributed by atoms with Crippen LogP contribution in [-0.4, -0.2) is 23.5 Å². The smallest absolute Gasteiger partial charge is 0.412 e. The van der Waals surface area contributed by atoms with Gasteiger partial charge in [0, 0.05) is 5.02 Å². The monoisotopic (exact) mass is 532 g/mol. The molecule has 0 saturated heterocycles. The number of carbonyl (C=O) groups excluding carboxylic acids is 2. The molecule has 8 heteroatoms. The molecule has 1 heterocycles. The fraction of sp³-hybridized carbons (Fsp3) is 0.207. The molecule has 188 valence electrons. The molecule has 0 radical (unpaired) electrons. The van der Waals surface area contributed by atoms with Gasteiger partial charge in [-0.05, 0) is 71.2 Å². The van der Waals surface area contributed by atoms with Crippen LogP contribution in [0, 0.1) is 6.92 Å². The number of hydrogen-bond donors (Lipinski definition) is 1. The third kappa shape index (κ3) is 5.24. The molecule has 1 aliphatic carbocycles. The molecule has 0 bridgehead atoms. The Labute approximate surface area is 224 Å². The fourth-order valence-corrected chi connectivity index (χ4v) is 5.29. The van der Waals surface area contributed by atoms with Crippen molar-refractivity contribution in [2.75, 3.05) is 12.4 Å². The van der Waals surface area contributed by atoms with Gasteiger partial charge < -0.3 is 9.47 Å². The highest BCUT2D eigenvalue weighted by Gasteiger charge is 2.52. The lowest BCUT2D eigenvalue weighted by atomic mass is 9.93. The number of aromatic nitrogens is 1. The van der Waals surface area contributed by atoms with Gasteiger partial charge in [-0.2, -0.15) is 4.37 Å². The van der Waals surface area contributed by atoms with Crippen LogP contribution < -0.4 is 5.32 Å². The highest BCUT2D eigenvalue weighted by atomic mass is 35.5. The number of amides is 1. The SMILES string of the molecule is COC(=O)C1(c2ccc(-c3ccc(-c4snc(C)c4NC(=O)OCc4ccc(Cl)cc4)cc3)cc2)CC1. The topological polar surface area (TPSA) is 77.5 Å². The Bertz CT molecular complexity index is 1430. The number of methoxy groups -OCH3 is 1. The van der Waals surface area contributed by atoms with Crippen LogP contribution in [0.2, 0.25) is 5.02 Å². The first kappa shape index (κ1) is 25.0. The van der Waals surface area contributed by atoms with Crippen LogP contribution >= 0.6 is 23.1 Å². The molecule has 5 rings (SSSR count). The number of ether oxygens (including phenoxy) is 2. The molecule has 6 nitrogen and oxygen atoms in total. The zero-order valence-electron chi connectivity index (χ0n) is 20.4. The first-order valence-corrected chi connectivity index (χ1v) is 13.0. The van der Waals surface area contributed by atoms with Gasteiger partial charge in [0.1, 0.15) is 6.61 Å². The van der Waals surface area contributed by atoms with Gasteiger partial charge in [0.15, 0.2) is 0 Å². The molecule has 1 aliphatic rings. The Kier molecular flexibility index (Phi) is 7.00. The molecule has 1 fully saturated rings. The van der Waals surface area contributed by atoms with E-state index in [1.165, 1.54) is 18.6 Å². The van der Waals surface area contributed by atoms with E-state index in [2.05, 4.69) is 9.69 Å². The Hall–Kier alpha value is -3.68. The zero-order chi connectivity index (χ0) is 26.0. The van der Waals surface area contributed by atoms with Crippen molar-refractivity contribution in [2.24, 2.45) is 0 Å². The quantitative estimate of drug-likeness (QED) is 0.251. The minimum Gasteiger partial charge on any atom is -0.468 e. The molecule has 0 atom stereocenters. The number of nitrogens with one attached hydrogen (secondary N) is 1. The van der Waals surface area contributed by atoms with Gasteiger partial charge in [0.25, 0.3) is 0 Å². The van der Waals surface area contributed by atoms with Crippen molar-refractivity contribution in [2.45, 2.75) is 31.8 Å². The van der Waals surface area contributed by atoms with Gasteiger partial charge in [-0.15, -0.1) is 0 Å². The molecule has 0 unspecified atom stereocenters. The van der Waals surface area contributed by atoms with E-state index in [0.717, 1.165) is 51.2 Å². The normalized spacial score (nSPS) is 13.6. The number of rotatable bonds is 7. The van der Waals surface area contributed by atoms with E-state index in [0.29, 0.717) is 10.7 Å². The Morgan fingerprint density at radius 2 is 1.54 bits per heavy atom. The van der Waals surface area contributed by atoms with E-state index >= 15 is 0 Å². The first-order valence-electron chi connectivity index (χ1n) is 11.8. The Morgan fingerprint density at radius 1 is 0.946 bits per heavy atom. The molecular formula is C29H25ClN2O4S. The van der Waals surface area contributed by atoms with E-state index in [1.54, 1.807) is 12.1 Å². The molecule has 4 aromatic rings. The number of aryl methyl sites for hydroxylation is 1. The third-order valence-corrected chi connectivity index (χ3v) is 7.86. The average molecular weight is 533 g/mol. The van der Waals surface area contributed by atoms with Crippen molar-refractivity contribution >= 4 is 40.9 Å². The summed E-state index contributed by atoms with van der Waals surface area (Å²) in [6.07, 6.45) is 1.11. The van der Waals surface area contributed by atoms with Crippen LogP contribution in [0.25, 0.3) is 21.6 Å². The largest absolute Gasteiger partial charge is 0.468 e. The van der Waals surface area contributed by atoms with E-state index in [1.807, 2.05) is 67.6 Å². The summed E-state index contributed by atoms with van der Waals surface area (Å²) in [6, 6.07) is 23.3. The Morgan fingerprint density at radius 3 is 2.14 bits per heavy atom. The molecule has 3 aromatic carbocycles. The van der Waals surface area contributed by atoms with Crippen molar-refractivity contribution in [3.8, 4) is 21.6 Å². The minimum atomic E-state index is -0.545. The van der Waals surface area contributed by atoms with E-state index in [9.17, 15) is 9.59 Å². The molecule has 1 amide bonds. The second-order valence-electron chi connectivity index (χ2n) is 9.03. The second-order valence-corrected chi connectivity index (χ2v) is 10.2. The number of anilines is 1. The second kappa shape index (κ2) is 10.4. The van der Waals surface area contributed by atoms with E-state index < -0.39 is 11.5 Å². The summed E-state index contributed by atoms with van der Waals surface area (Å²) in [6.45, 7) is 1.99. The summed E-state index contributed by atoms with van der Waals surface area (Å²) in [5, 5.41) is 3.48. The molecule has 1 aromatic heterocycles. The summed E-state index contributed by atoms with van der Waals surface area (Å²) >= 11 is 7.23. The number of halogens is 1. The van der Waals surface area contributed by atoms with Crippen LogP contribution in [0.1, 0.15) is 29.7 Å². The van der Waals surface area contributed by atoms with Crippen LogP contribution in [-0.2, 0) is 26.3 Å². The van der Waals surface area contributed by atoms with Gasteiger partial charge in [-0.25, -0.2) is 4.79 Å². The van der Waals surface area contributed by atoms with Gasteiger partial charge in [0.2, 0.25) is 0 Å². The summed E-state index contributed by atoms with van der Waals surface area (Å²) < 4.78 is 14.8. The molecule has 0 aliphatic heterocycles. The average Bonchev–Trinajstić information content (AvgIpc) is 3.67. The minimum absolute atomic E-state index is 0.142. The zero-order valence-corrected chi connectivity index (χ0v) is 22.0. The van der Waals surface area contributed by atoms with E-state index in [-0.39, 0.29) is 12.6 Å². The first-order chi connectivity index (χ1) is 17.9. The summed E-state index contributed by atoms with van der Waals surface area (Å²) in [4.78, 5) is 25.5. The number of hydrogen-bond acceptors (Lipinski definition) is 6. The van der Waals surface area contributed by atoms with Crippen molar-refractivity contribution in [1.82, 2.24) is 4.37 Å². The van der Waals surface area contributed by atoms with Crippen LogP contribution in [0.3, 0.4) is 0 Å². The number of esters is 1. The van der Waals surface area contributed by atoms with Gasteiger partial charge >= 0.3 is 12.1 Å². The predicted octanol–water partition coefficient (Wildman–Crippen LogP) is 7.39. The lowest BCUT2D eigenvalue weighted by Gasteiger charge is -2.13. The van der Waals surface area contributed by atoms with Crippen molar-refractivity contribution in [1.29, 1.82) is 0 Å². The molecule has 1 saturated carbocycles. The molecular weight excluding hydrogens is 508 g/mol. The lowest BCUT2D eigenvalue weighted by Crippen LogP contribution is -2.21. The molecule has 0 spiro atoms. The van der Waals surface area contributed by atoms with Crippen molar-refractivity contribution in [3.05, 3.63) is 94.6 Å². The standard InChI is InChI=1S/C29H25ClN2O4S/c1-18-25(31-28(34)36-17-19-3-13-24(30)14-4-19)26(37-32-18)22-7-5-20(6-8-22)21-9-11-23(12-10-21)29(15-16-29)27(33)35-2/h3-14H,15-17H2,1-2H3,(H,31,34). The highest BCUT2D eigenvalue weighted by molar-refractivity contribution is 7.10. The van der Waals surface area contributed by atoms with Crippen molar-refractivity contribution in [3.63, 3.8) is 0 Å². The number of benzene rings is 3. The van der Waals surface area contributed by atoms with Crippen LogP contribution in [0.5, 0.6) is 0 Å². The summed E-state index contributed by atoms with van der Waals surface area (Å²) in [7, 11) is 1.44. The van der Waals surface area contributed by atoms with Crippen LogP contribution in [0.4, 0.5) is 10.5 Å².